The van der Waals surface area contributed by atoms with Gasteiger partial charge in [0, 0.05) is 0 Å². The van der Waals surface area contributed by atoms with Gasteiger partial charge in [-0.25, -0.2) is 18.7 Å². The van der Waals surface area contributed by atoms with Gasteiger partial charge in [-0.3, -0.25) is 9.59 Å². The fourth-order valence-corrected chi connectivity index (χ4v) is 4.42. The van der Waals surface area contributed by atoms with Gasteiger partial charge in [-0.2, -0.15) is 4.39 Å². The van der Waals surface area contributed by atoms with Gasteiger partial charge in [0.2, 0.25) is 5.91 Å². The van der Waals surface area contributed by atoms with Gasteiger partial charge in [-0.1, -0.05) is 37.0 Å². The average Bonchev–Trinajstić information content (AvgIpc) is 3.33. The summed E-state index contributed by atoms with van der Waals surface area (Å²) in [5.74, 6) is -1.08. The highest BCUT2D eigenvalue weighted by molar-refractivity contribution is 7.14. The normalized spacial score (nSPS) is 15.7. The fraction of sp³-hybridized carbons (Fsp3) is 0.368. The summed E-state index contributed by atoms with van der Waals surface area (Å²) in [6.07, 6.45) is 5.08. The number of halogens is 2. The van der Waals surface area contributed by atoms with Crippen molar-refractivity contribution >= 4 is 33.3 Å². The van der Waals surface area contributed by atoms with E-state index in [1.54, 1.807) is 0 Å². The summed E-state index contributed by atoms with van der Waals surface area (Å²) in [6.45, 7) is 0. The second kappa shape index (κ2) is 7.86. The lowest BCUT2D eigenvalue weighted by Crippen LogP contribution is -2.43. The van der Waals surface area contributed by atoms with Crippen LogP contribution in [0.15, 0.2) is 34.0 Å². The fourth-order valence-electron chi connectivity index (χ4n) is 3.88. The number of amides is 1. The van der Waals surface area contributed by atoms with E-state index in [-0.39, 0.29) is 28.4 Å². The third-order valence-electron chi connectivity index (χ3n) is 5.24. The molecule has 152 valence electrons. The van der Waals surface area contributed by atoms with Gasteiger partial charge in [0.1, 0.15) is 11.9 Å². The first kappa shape index (κ1) is 19.4. The lowest BCUT2D eigenvalue weighted by molar-refractivity contribution is -0.119. The molecule has 2 N–H and O–H groups in total. The van der Waals surface area contributed by atoms with Crippen LogP contribution in [0.4, 0.5) is 13.9 Å². The summed E-state index contributed by atoms with van der Waals surface area (Å²) in [4.78, 5) is 44.9. The SMILES string of the molecule is O=C(Nc1ncc(F)s1)C(CC1CCCC1)n1c(=O)[nH]c2ccc(F)cc2c1=O. The Labute approximate surface area is 167 Å². The Morgan fingerprint density at radius 3 is 2.76 bits per heavy atom. The molecule has 0 aliphatic heterocycles. The van der Waals surface area contributed by atoms with Gasteiger partial charge in [0.25, 0.3) is 5.56 Å². The van der Waals surface area contributed by atoms with Crippen LogP contribution >= 0.6 is 11.3 Å². The van der Waals surface area contributed by atoms with Gasteiger partial charge in [-0.15, -0.1) is 0 Å². The molecule has 7 nitrogen and oxygen atoms in total. The van der Waals surface area contributed by atoms with E-state index in [0.717, 1.165) is 48.6 Å². The first-order valence-corrected chi connectivity index (χ1v) is 10.1. The zero-order valence-corrected chi connectivity index (χ0v) is 16.1. The minimum Gasteiger partial charge on any atom is -0.307 e. The Morgan fingerprint density at radius 2 is 2.07 bits per heavy atom. The molecule has 0 radical (unpaired) electrons. The number of thiazole rings is 1. The van der Waals surface area contributed by atoms with Crippen LogP contribution in [0.2, 0.25) is 0 Å². The van der Waals surface area contributed by atoms with Crippen molar-refractivity contribution in [2.75, 3.05) is 5.32 Å². The highest BCUT2D eigenvalue weighted by atomic mass is 32.1. The number of aromatic nitrogens is 3. The van der Waals surface area contributed by atoms with Gasteiger partial charge in [0.05, 0.1) is 17.1 Å². The molecule has 1 atom stereocenters. The monoisotopic (exact) mass is 420 g/mol. The van der Waals surface area contributed by atoms with Crippen LogP contribution in [-0.4, -0.2) is 20.4 Å². The molecule has 1 saturated carbocycles. The van der Waals surface area contributed by atoms with Crippen molar-refractivity contribution in [3.63, 3.8) is 0 Å². The molecule has 1 aromatic carbocycles. The molecule has 1 aliphatic rings. The molecule has 29 heavy (non-hydrogen) atoms. The number of carbonyl (C=O) groups excluding carboxylic acids is 1. The molecule has 1 unspecified atom stereocenters. The van der Waals surface area contributed by atoms with Crippen molar-refractivity contribution in [1.29, 1.82) is 0 Å². The lowest BCUT2D eigenvalue weighted by atomic mass is 9.97. The number of hydrogen-bond donors (Lipinski definition) is 2. The molecule has 2 heterocycles. The maximum atomic E-state index is 13.7. The van der Waals surface area contributed by atoms with Crippen molar-refractivity contribution in [3.05, 3.63) is 56.2 Å². The summed E-state index contributed by atoms with van der Waals surface area (Å²) < 4.78 is 27.7. The lowest BCUT2D eigenvalue weighted by Gasteiger charge is -2.21. The van der Waals surface area contributed by atoms with Crippen LogP contribution in [0.5, 0.6) is 0 Å². The molecular formula is C19H18F2N4O3S. The Bertz CT molecular complexity index is 1180. The van der Waals surface area contributed by atoms with Crippen LogP contribution in [0.25, 0.3) is 10.9 Å². The number of H-pyrrole nitrogens is 1. The third-order valence-corrected chi connectivity index (χ3v) is 5.95. The van der Waals surface area contributed by atoms with Crippen molar-refractivity contribution in [3.8, 4) is 0 Å². The summed E-state index contributed by atoms with van der Waals surface area (Å²) in [6, 6.07) is 2.36. The topological polar surface area (TPSA) is 96.8 Å². The zero-order valence-electron chi connectivity index (χ0n) is 15.3. The first-order chi connectivity index (χ1) is 13.9. The molecule has 0 bridgehead atoms. The number of rotatable bonds is 5. The number of aromatic amines is 1. The van der Waals surface area contributed by atoms with Gasteiger partial charge in [0.15, 0.2) is 10.3 Å². The van der Waals surface area contributed by atoms with Gasteiger partial charge >= 0.3 is 5.69 Å². The standard InChI is InChI=1S/C19H18F2N4O3S/c20-11-5-6-13-12(8-11)17(27)25(19(28)23-13)14(7-10-3-1-2-4-10)16(26)24-18-22-9-15(21)29-18/h5-6,8-10,14H,1-4,7H2,(H,23,28)(H,22,24,26). The minimum atomic E-state index is -1.12. The highest BCUT2D eigenvalue weighted by Gasteiger charge is 2.30. The van der Waals surface area contributed by atoms with Crippen LogP contribution < -0.4 is 16.6 Å². The number of carbonyl (C=O) groups is 1. The predicted molar refractivity (Wildman–Crippen MR) is 105 cm³/mol. The summed E-state index contributed by atoms with van der Waals surface area (Å²) >= 11 is 0.652. The Morgan fingerprint density at radius 1 is 1.31 bits per heavy atom. The highest BCUT2D eigenvalue weighted by Crippen LogP contribution is 2.32. The number of nitrogens with zero attached hydrogens (tertiary/aromatic N) is 2. The van der Waals surface area contributed by atoms with Crippen molar-refractivity contribution in [1.82, 2.24) is 14.5 Å². The van der Waals surface area contributed by atoms with Crippen molar-refractivity contribution < 1.29 is 13.6 Å². The Hall–Kier alpha value is -2.88. The van der Waals surface area contributed by atoms with E-state index in [4.69, 9.17) is 0 Å². The quantitative estimate of drug-likeness (QED) is 0.663. The molecule has 3 aromatic rings. The molecule has 1 aliphatic carbocycles. The molecule has 1 amide bonds. The number of anilines is 1. The van der Waals surface area contributed by atoms with E-state index in [2.05, 4.69) is 15.3 Å². The minimum absolute atomic E-state index is 0.0193. The van der Waals surface area contributed by atoms with E-state index < -0.39 is 34.1 Å². The van der Waals surface area contributed by atoms with Crippen molar-refractivity contribution in [2.24, 2.45) is 5.92 Å². The summed E-state index contributed by atoms with van der Waals surface area (Å²) in [5, 5.41) is 1.95. The summed E-state index contributed by atoms with van der Waals surface area (Å²) in [5.41, 5.74) is -1.30. The number of hydrogen-bond acceptors (Lipinski definition) is 5. The van der Waals surface area contributed by atoms with E-state index in [0.29, 0.717) is 11.3 Å². The molecule has 0 saturated heterocycles. The maximum absolute atomic E-state index is 13.7. The largest absolute Gasteiger partial charge is 0.329 e. The predicted octanol–water partition coefficient (Wildman–Crippen LogP) is 3.18. The smallest absolute Gasteiger partial charge is 0.307 e. The van der Waals surface area contributed by atoms with Gasteiger partial charge in [-0.05, 0) is 30.5 Å². The molecule has 4 rings (SSSR count). The number of nitrogens with one attached hydrogen (secondary N) is 2. The van der Waals surface area contributed by atoms with E-state index in [1.165, 1.54) is 6.07 Å². The van der Waals surface area contributed by atoms with E-state index in [9.17, 15) is 23.2 Å². The zero-order chi connectivity index (χ0) is 20.5. The number of fused-ring (bicyclic) bond motifs is 1. The molecular weight excluding hydrogens is 402 g/mol. The molecule has 0 spiro atoms. The Balaban J connectivity index is 1.78. The Kier molecular flexibility index (Phi) is 5.27. The summed E-state index contributed by atoms with van der Waals surface area (Å²) in [7, 11) is 0. The maximum Gasteiger partial charge on any atom is 0.329 e. The molecule has 10 heteroatoms. The second-order valence-electron chi connectivity index (χ2n) is 7.16. The molecule has 1 fully saturated rings. The van der Waals surface area contributed by atoms with Gasteiger partial charge < -0.3 is 10.3 Å². The van der Waals surface area contributed by atoms with Crippen molar-refractivity contribution in [2.45, 2.75) is 38.1 Å². The van der Waals surface area contributed by atoms with Crippen LogP contribution in [-0.2, 0) is 4.79 Å². The second-order valence-corrected chi connectivity index (χ2v) is 8.14. The number of benzene rings is 1. The molecule has 2 aromatic heterocycles. The average molecular weight is 420 g/mol. The first-order valence-electron chi connectivity index (χ1n) is 9.28. The van der Waals surface area contributed by atoms with Crippen LogP contribution in [0.3, 0.4) is 0 Å². The third kappa shape index (κ3) is 3.98. The van der Waals surface area contributed by atoms with E-state index >= 15 is 0 Å². The van der Waals surface area contributed by atoms with E-state index in [1.807, 2.05) is 0 Å². The van der Waals surface area contributed by atoms with Crippen LogP contribution in [0.1, 0.15) is 38.1 Å². The van der Waals surface area contributed by atoms with Crippen LogP contribution in [0, 0.1) is 16.9 Å².